The smallest absolute Gasteiger partial charge is 0.433 e. The minimum Gasteiger partial charge on any atom is -0.463 e. The maximum atomic E-state index is 13.0. The molecule has 0 spiro atoms. The first-order chi connectivity index (χ1) is 11.8. The molecule has 0 aliphatic carbocycles. The minimum atomic E-state index is -4.62. The van der Waals surface area contributed by atoms with Crippen LogP contribution < -0.4 is 4.74 Å². The zero-order chi connectivity index (χ0) is 18.4. The maximum absolute atomic E-state index is 13.0. The quantitative estimate of drug-likeness (QED) is 0.594. The van der Waals surface area contributed by atoms with Crippen molar-refractivity contribution >= 4 is 10.7 Å². The van der Waals surface area contributed by atoms with Crippen molar-refractivity contribution in [3.8, 4) is 17.3 Å². The van der Waals surface area contributed by atoms with Crippen LogP contribution in [0.5, 0.6) is 6.01 Å². The van der Waals surface area contributed by atoms with Gasteiger partial charge in [-0.1, -0.05) is 37.6 Å². The average Bonchev–Trinajstić information content (AvgIpc) is 2.54. The fourth-order valence-corrected chi connectivity index (χ4v) is 2.53. The molecule has 1 aromatic heterocycles. The standard InChI is InChI=1S/C16H17F3N2O3S/c1-2-3-8-24-15-20-13(9-14(21-15)16(17,18)19)12-6-4-11(5-7-12)10-25(22)23/h4-7,9,25H,2-3,8,10H2,1H3. The Morgan fingerprint density at radius 3 is 2.36 bits per heavy atom. The van der Waals surface area contributed by atoms with E-state index in [1.165, 1.54) is 24.3 Å². The van der Waals surface area contributed by atoms with Gasteiger partial charge < -0.3 is 4.74 Å². The number of nitrogens with zero attached hydrogens (tertiary/aromatic N) is 2. The van der Waals surface area contributed by atoms with Crippen LogP contribution in [0.1, 0.15) is 31.0 Å². The van der Waals surface area contributed by atoms with Gasteiger partial charge in [-0.25, -0.2) is 8.42 Å². The van der Waals surface area contributed by atoms with E-state index in [0.29, 0.717) is 17.5 Å². The van der Waals surface area contributed by atoms with Crippen LogP contribution in [-0.4, -0.2) is 25.0 Å². The number of halogens is 3. The number of unbranched alkanes of at least 4 members (excludes halogenated alkanes) is 1. The molecule has 5 nitrogen and oxygen atoms in total. The van der Waals surface area contributed by atoms with Gasteiger partial charge in [0.15, 0.2) is 5.69 Å². The molecular weight excluding hydrogens is 357 g/mol. The van der Waals surface area contributed by atoms with Gasteiger partial charge in [0.05, 0.1) is 18.1 Å². The number of rotatable bonds is 7. The summed E-state index contributed by atoms with van der Waals surface area (Å²) < 4.78 is 65.8. The summed E-state index contributed by atoms with van der Waals surface area (Å²) >= 11 is 0. The van der Waals surface area contributed by atoms with Crippen molar-refractivity contribution in [1.82, 2.24) is 9.97 Å². The van der Waals surface area contributed by atoms with E-state index in [9.17, 15) is 21.6 Å². The van der Waals surface area contributed by atoms with Gasteiger partial charge in [0.1, 0.15) is 10.7 Å². The second-order valence-corrected chi connectivity index (χ2v) is 6.29. The summed E-state index contributed by atoms with van der Waals surface area (Å²) in [5.41, 5.74) is -0.0647. The molecule has 1 aromatic carbocycles. The van der Waals surface area contributed by atoms with Crippen LogP contribution >= 0.6 is 0 Å². The summed E-state index contributed by atoms with van der Waals surface area (Å²) in [6, 6.07) is 6.63. The Morgan fingerprint density at radius 1 is 1.12 bits per heavy atom. The van der Waals surface area contributed by atoms with E-state index in [2.05, 4.69) is 9.97 Å². The van der Waals surface area contributed by atoms with Crippen LogP contribution in [0.25, 0.3) is 11.3 Å². The molecule has 136 valence electrons. The first kappa shape index (κ1) is 19.2. The van der Waals surface area contributed by atoms with E-state index in [4.69, 9.17) is 4.74 Å². The largest absolute Gasteiger partial charge is 0.463 e. The van der Waals surface area contributed by atoms with Crippen molar-refractivity contribution in [3.05, 3.63) is 41.6 Å². The molecule has 0 N–H and O–H groups in total. The lowest BCUT2D eigenvalue weighted by Gasteiger charge is -2.11. The fraction of sp³-hybridized carbons (Fsp3) is 0.375. The summed E-state index contributed by atoms with van der Waals surface area (Å²) in [7, 11) is -2.57. The lowest BCUT2D eigenvalue weighted by Crippen LogP contribution is -2.11. The van der Waals surface area contributed by atoms with Gasteiger partial charge in [0.25, 0.3) is 0 Å². The zero-order valence-corrected chi connectivity index (χ0v) is 14.3. The van der Waals surface area contributed by atoms with Crippen LogP contribution in [0.2, 0.25) is 0 Å². The normalized spacial score (nSPS) is 11.7. The SMILES string of the molecule is CCCCOc1nc(-c2ccc(C[SH](=O)=O)cc2)cc(C(F)(F)F)n1. The predicted molar refractivity (Wildman–Crippen MR) is 86.9 cm³/mol. The molecule has 2 aromatic rings. The monoisotopic (exact) mass is 374 g/mol. The summed E-state index contributed by atoms with van der Waals surface area (Å²) in [5.74, 6) is -0.126. The molecule has 0 aliphatic heterocycles. The van der Waals surface area contributed by atoms with Crippen molar-refractivity contribution in [1.29, 1.82) is 0 Å². The van der Waals surface area contributed by atoms with E-state index < -0.39 is 22.6 Å². The third kappa shape index (κ3) is 5.70. The van der Waals surface area contributed by atoms with Crippen LogP contribution in [-0.2, 0) is 22.6 Å². The topological polar surface area (TPSA) is 69.2 Å². The highest BCUT2D eigenvalue weighted by molar-refractivity contribution is 7.71. The second kappa shape index (κ2) is 8.28. The Hall–Kier alpha value is -2.16. The highest BCUT2D eigenvalue weighted by Crippen LogP contribution is 2.31. The Kier molecular flexibility index (Phi) is 6.35. The number of alkyl halides is 3. The lowest BCUT2D eigenvalue weighted by atomic mass is 10.1. The van der Waals surface area contributed by atoms with E-state index in [1.807, 2.05) is 6.92 Å². The van der Waals surface area contributed by atoms with Gasteiger partial charge in [-0.2, -0.15) is 23.1 Å². The molecule has 0 unspecified atom stereocenters. The zero-order valence-electron chi connectivity index (χ0n) is 13.4. The van der Waals surface area contributed by atoms with Crippen molar-refractivity contribution in [2.24, 2.45) is 0 Å². The van der Waals surface area contributed by atoms with Gasteiger partial charge in [-0.3, -0.25) is 0 Å². The van der Waals surface area contributed by atoms with E-state index in [0.717, 1.165) is 12.5 Å². The van der Waals surface area contributed by atoms with E-state index >= 15 is 0 Å². The molecule has 2 rings (SSSR count). The molecule has 0 saturated heterocycles. The number of aromatic nitrogens is 2. The molecule has 0 saturated carbocycles. The third-order valence-electron chi connectivity index (χ3n) is 3.29. The van der Waals surface area contributed by atoms with Crippen molar-refractivity contribution in [3.63, 3.8) is 0 Å². The van der Waals surface area contributed by atoms with Crippen LogP contribution in [0.15, 0.2) is 30.3 Å². The van der Waals surface area contributed by atoms with Gasteiger partial charge in [-0.15, -0.1) is 0 Å². The highest BCUT2D eigenvalue weighted by atomic mass is 32.2. The summed E-state index contributed by atoms with van der Waals surface area (Å²) in [4.78, 5) is 7.45. The fourth-order valence-electron chi connectivity index (χ4n) is 2.02. The number of thiol groups is 1. The van der Waals surface area contributed by atoms with Crippen LogP contribution in [0, 0.1) is 0 Å². The Morgan fingerprint density at radius 2 is 1.80 bits per heavy atom. The molecule has 0 radical (unpaired) electrons. The van der Waals surface area contributed by atoms with Crippen molar-refractivity contribution in [2.45, 2.75) is 31.7 Å². The lowest BCUT2D eigenvalue weighted by molar-refractivity contribution is -0.141. The maximum Gasteiger partial charge on any atom is 0.433 e. The predicted octanol–water partition coefficient (Wildman–Crippen LogP) is 3.45. The van der Waals surface area contributed by atoms with E-state index in [-0.39, 0.29) is 24.1 Å². The third-order valence-corrected chi connectivity index (χ3v) is 3.91. The molecule has 0 bridgehead atoms. The minimum absolute atomic E-state index is 0.0619. The van der Waals surface area contributed by atoms with Gasteiger partial charge in [0.2, 0.25) is 0 Å². The first-order valence-corrected chi connectivity index (χ1v) is 8.96. The molecule has 1 heterocycles. The molecular formula is C16H17F3N2O3S. The van der Waals surface area contributed by atoms with Crippen LogP contribution in [0.3, 0.4) is 0 Å². The molecule has 0 amide bonds. The summed E-state index contributed by atoms with van der Waals surface area (Å²) in [5, 5.41) is 0. The Balaban J connectivity index is 2.36. The molecule has 0 atom stereocenters. The number of benzene rings is 1. The summed E-state index contributed by atoms with van der Waals surface area (Å²) in [6.45, 7) is 2.16. The van der Waals surface area contributed by atoms with Gasteiger partial charge >= 0.3 is 12.2 Å². The summed E-state index contributed by atoms with van der Waals surface area (Å²) in [6.07, 6.45) is -3.12. The Labute approximate surface area is 144 Å². The van der Waals surface area contributed by atoms with Crippen LogP contribution in [0.4, 0.5) is 13.2 Å². The van der Waals surface area contributed by atoms with E-state index in [1.54, 1.807) is 0 Å². The van der Waals surface area contributed by atoms with Gasteiger partial charge in [0, 0.05) is 5.56 Å². The number of hydrogen-bond acceptors (Lipinski definition) is 5. The molecule has 0 fully saturated rings. The average molecular weight is 374 g/mol. The molecule has 9 heteroatoms. The highest BCUT2D eigenvalue weighted by Gasteiger charge is 2.34. The van der Waals surface area contributed by atoms with Crippen molar-refractivity contribution < 1.29 is 26.3 Å². The van der Waals surface area contributed by atoms with Crippen molar-refractivity contribution in [2.75, 3.05) is 6.61 Å². The molecule has 0 aliphatic rings. The molecule has 25 heavy (non-hydrogen) atoms. The number of hydrogen-bond donors (Lipinski definition) is 1. The van der Waals surface area contributed by atoms with Gasteiger partial charge in [-0.05, 0) is 18.1 Å². The Bertz CT molecular complexity index is 782. The number of ether oxygens (including phenoxy) is 1. The second-order valence-electron chi connectivity index (χ2n) is 5.31. The first-order valence-electron chi connectivity index (χ1n) is 7.59.